The predicted molar refractivity (Wildman–Crippen MR) is 74.7 cm³/mol. The Morgan fingerprint density at radius 1 is 1.21 bits per heavy atom. The third kappa shape index (κ3) is 3.19. The SMILES string of the molecule is COc1cc(CNCC2(CO)CC2)c(OC)cc1C. The first kappa shape index (κ1) is 14.2. The molecule has 1 aliphatic rings. The molecule has 0 radical (unpaired) electrons. The van der Waals surface area contributed by atoms with Crippen LogP contribution in [0.15, 0.2) is 12.1 Å². The quantitative estimate of drug-likeness (QED) is 0.790. The molecule has 4 nitrogen and oxygen atoms in total. The molecule has 1 saturated carbocycles. The molecule has 0 saturated heterocycles. The second kappa shape index (κ2) is 5.80. The van der Waals surface area contributed by atoms with Gasteiger partial charge in [-0.25, -0.2) is 0 Å². The number of ether oxygens (including phenoxy) is 2. The van der Waals surface area contributed by atoms with Crippen LogP contribution in [0.4, 0.5) is 0 Å². The molecule has 0 atom stereocenters. The van der Waals surface area contributed by atoms with Crippen LogP contribution in [-0.2, 0) is 6.54 Å². The first-order chi connectivity index (χ1) is 9.14. The minimum absolute atomic E-state index is 0.127. The van der Waals surface area contributed by atoms with Crippen molar-refractivity contribution in [2.45, 2.75) is 26.3 Å². The van der Waals surface area contributed by atoms with Gasteiger partial charge in [0.25, 0.3) is 0 Å². The zero-order valence-electron chi connectivity index (χ0n) is 12.0. The molecule has 106 valence electrons. The highest BCUT2D eigenvalue weighted by Crippen LogP contribution is 2.44. The van der Waals surface area contributed by atoms with Crippen LogP contribution in [-0.4, -0.2) is 32.5 Å². The van der Waals surface area contributed by atoms with E-state index in [1.807, 2.05) is 19.1 Å². The Bertz CT molecular complexity index is 441. The summed E-state index contributed by atoms with van der Waals surface area (Å²) in [6, 6.07) is 4.01. The van der Waals surface area contributed by atoms with Crippen LogP contribution >= 0.6 is 0 Å². The maximum atomic E-state index is 9.29. The van der Waals surface area contributed by atoms with Gasteiger partial charge in [-0.15, -0.1) is 0 Å². The minimum Gasteiger partial charge on any atom is -0.496 e. The highest BCUT2D eigenvalue weighted by Gasteiger charge is 2.41. The molecule has 19 heavy (non-hydrogen) atoms. The summed E-state index contributed by atoms with van der Waals surface area (Å²) in [5.74, 6) is 1.75. The van der Waals surface area contributed by atoms with E-state index < -0.39 is 0 Å². The lowest BCUT2D eigenvalue weighted by Crippen LogP contribution is -2.26. The van der Waals surface area contributed by atoms with Gasteiger partial charge in [-0.1, -0.05) is 0 Å². The zero-order chi connectivity index (χ0) is 13.9. The van der Waals surface area contributed by atoms with Gasteiger partial charge >= 0.3 is 0 Å². The van der Waals surface area contributed by atoms with Gasteiger partial charge in [0.05, 0.1) is 14.2 Å². The van der Waals surface area contributed by atoms with Crippen molar-refractivity contribution in [3.63, 3.8) is 0 Å². The monoisotopic (exact) mass is 265 g/mol. The molecule has 0 aliphatic heterocycles. The lowest BCUT2D eigenvalue weighted by Gasteiger charge is -2.16. The first-order valence-corrected chi connectivity index (χ1v) is 6.67. The fraction of sp³-hybridized carbons (Fsp3) is 0.600. The molecule has 1 aliphatic carbocycles. The lowest BCUT2D eigenvalue weighted by atomic mass is 10.1. The number of hydrogen-bond acceptors (Lipinski definition) is 4. The average molecular weight is 265 g/mol. The Morgan fingerprint density at radius 2 is 1.89 bits per heavy atom. The molecule has 4 heteroatoms. The van der Waals surface area contributed by atoms with E-state index in [0.717, 1.165) is 48.6 Å². The van der Waals surface area contributed by atoms with E-state index in [-0.39, 0.29) is 12.0 Å². The van der Waals surface area contributed by atoms with Crippen molar-refractivity contribution in [3.05, 3.63) is 23.3 Å². The second-order valence-electron chi connectivity index (χ2n) is 5.40. The molecule has 0 bridgehead atoms. The van der Waals surface area contributed by atoms with E-state index in [1.54, 1.807) is 14.2 Å². The molecule has 1 fully saturated rings. The highest BCUT2D eigenvalue weighted by atomic mass is 16.5. The molecule has 1 aromatic rings. The van der Waals surface area contributed by atoms with Crippen molar-refractivity contribution >= 4 is 0 Å². The van der Waals surface area contributed by atoms with Crippen molar-refractivity contribution in [3.8, 4) is 11.5 Å². The van der Waals surface area contributed by atoms with E-state index in [4.69, 9.17) is 9.47 Å². The summed E-state index contributed by atoms with van der Waals surface area (Å²) >= 11 is 0. The molecule has 2 rings (SSSR count). The van der Waals surface area contributed by atoms with Gasteiger partial charge in [0.2, 0.25) is 0 Å². The smallest absolute Gasteiger partial charge is 0.123 e. The van der Waals surface area contributed by atoms with E-state index in [1.165, 1.54) is 0 Å². The first-order valence-electron chi connectivity index (χ1n) is 6.67. The molecular weight excluding hydrogens is 242 g/mol. The summed E-state index contributed by atoms with van der Waals surface area (Å²) in [6.45, 7) is 3.85. The van der Waals surface area contributed by atoms with Crippen molar-refractivity contribution in [2.24, 2.45) is 5.41 Å². The highest BCUT2D eigenvalue weighted by molar-refractivity contribution is 5.45. The fourth-order valence-electron chi connectivity index (χ4n) is 2.28. The van der Waals surface area contributed by atoms with Crippen LogP contribution in [0.25, 0.3) is 0 Å². The Labute approximate surface area is 114 Å². The van der Waals surface area contributed by atoms with E-state index >= 15 is 0 Å². The molecule has 2 N–H and O–H groups in total. The average Bonchev–Trinajstić information content (AvgIpc) is 3.20. The van der Waals surface area contributed by atoms with Gasteiger partial charge in [-0.05, 0) is 37.5 Å². The summed E-state index contributed by atoms with van der Waals surface area (Å²) in [5.41, 5.74) is 2.28. The van der Waals surface area contributed by atoms with Gasteiger partial charge in [-0.2, -0.15) is 0 Å². The van der Waals surface area contributed by atoms with Crippen LogP contribution in [0.5, 0.6) is 11.5 Å². The molecule has 0 spiro atoms. The number of benzene rings is 1. The maximum absolute atomic E-state index is 9.29. The van der Waals surface area contributed by atoms with Gasteiger partial charge < -0.3 is 19.9 Å². The van der Waals surface area contributed by atoms with Crippen LogP contribution in [0, 0.1) is 12.3 Å². The number of aliphatic hydroxyl groups excluding tert-OH is 1. The zero-order valence-corrected chi connectivity index (χ0v) is 12.0. The Kier molecular flexibility index (Phi) is 4.32. The second-order valence-corrected chi connectivity index (χ2v) is 5.40. The predicted octanol–water partition coefficient (Wildman–Crippen LogP) is 1.87. The lowest BCUT2D eigenvalue weighted by molar-refractivity contribution is 0.207. The van der Waals surface area contributed by atoms with E-state index in [0.29, 0.717) is 0 Å². The summed E-state index contributed by atoms with van der Waals surface area (Å²) in [4.78, 5) is 0. The summed E-state index contributed by atoms with van der Waals surface area (Å²) in [5, 5.41) is 12.7. The molecule has 0 heterocycles. The number of aliphatic hydroxyl groups is 1. The number of methoxy groups -OCH3 is 2. The van der Waals surface area contributed by atoms with Crippen molar-refractivity contribution < 1.29 is 14.6 Å². The number of hydrogen-bond donors (Lipinski definition) is 2. The normalized spacial score (nSPS) is 16.2. The minimum atomic E-state index is 0.127. The molecule has 0 amide bonds. The van der Waals surface area contributed by atoms with Gasteiger partial charge in [0.15, 0.2) is 0 Å². The Balaban J connectivity index is 2.02. The summed E-state index contributed by atoms with van der Waals surface area (Å²) in [7, 11) is 3.36. The Hall–Kier alpha value is -1.26. The number of nitrogens with one attached hydrogen (secondary N) is 1. The topological polar surface area (TPSA) is 50.7 Å². The van der Waals surface area contributed by atoms with Crippen molar-refractivity contribution in [1.82, 2.24) is 5.32 Å². The van der Waals surface area contributed by atoms with Crippen molar-refractivity contribution in [1.29, 1.82) is 0 Å². The Morgan fingerprint density at radius 3 is 2.42 bits per heavy atom. The van der Waals surface area contributed by atoms with Crippen LogP contribution < -0.4 is 14.8 Å². The number of rotatable bonds is 7. The van der Waals surface area contributed by atoms with Crippen molar-refractivity contribution in [2.75, 3.05) is 27.4 Å². The van der Waals surface area contributed by atoms with Gasteiger partial charge in [0, 0.05) is 30.7 Å². The van der Waals surface area contributed by atoms with Crippen LogP contribution in [0.2, 0.25) is 0 Å². The van der Waals surface area contributed by atoms with E-state index in [9.17, 15) is 5.11 Å². The summed E-state index contributed by atoms with van der Waals surface area (Å²) < 4.78 is 10.7. The van der Waals surface area contributed by atoms with Gasteiger partial charge in [-0.3, -0.25) is 0 Å². The molecule has 1 aromatic carbocycles. The number of aryl methyl sites for hydroxylation is 1. The third-order valence-electron chi connectivity index (χ3n) is 3.91. The standard InChI is InChI=1S/C15H23NO3/c1-11-6-14(19-3)12(7-13(11)18-2)8-16-9-15(10-17)4-5-15/h6-7,16-17H,4-5,8-10H2,1-3H3. The fourth-order valence-corrected chi connectivity index (χ4v) is 2.28. The third-order valence-corrected chi connectivity index (χ3v) is 3.91. The largest absolute Gasteiger partial charge is 0.496 e. The molecule has 0 aromatic heterocycles. The van der Waals surface area contributed by atoms with E-state index in [2.05, 4.69) is 5.32 Å². The molecule has 0 unspecified atom stereocenters. The maximum Gasteiger partial charge on any atom is 0.123 e. The molecular formula is C15H23NO3. The van der Waals surface area contributed by atoms with Gasteiger partial charge in [0.1, 0.15) is 11.5 Å². The van der Waals surface area contributed by atoms with Crippen LogP contribution in [0.3, 0.4) is 0 Å². The summed E-state index contributed by atoms with van der Waals surface area (Å²) in [6.07, 6.45) is 2.23. The van der Waals surface area contributed by atoms with Crippen LogP contribution in [0.1, 0.15) is 24.0 Å².